The summed E-state index contributed by atoms with van der Waals surface area (Å²) in [5.41, 5.74) is 1.37. The second-order valence-corrected chi connectivity index (χ2v) is 8.41. The number of nitrogens with one attached hydrogen (secondary N) is 1. The van der Waals surface area contributed by atoms with Gasteiger partial charge in [-0.15, -0.1) is 0 Å². The molecule has 0 saturated heterocycles. The maximum absolute atomic E-state index is 13.2. The van der Waals surface area contributed by atoms with E-state index in [1.165, 1.54) is 11.0 Å². The predicted octanol–water partition coefficient (Wildman–Crippen LogP) is 2.37. The average Bonchev–Trinajstić information content (AvgIpc) is 3.37. The monoisotopic (exact) mass is 463 g/mol. The Morgan fingerprint density at radius 3 is 2.68 bits per heavy atom. The van der Waals surface area contributed by atoms with E-state index in [1.54, 1.807) is 37.4 Å². The van der Waals surface area contributed by atoms with E-state index in [4.69, 9.17) is 9.47 Å². The number of nitrogens with zero attached hydrogens (tertiary/aromatic N) is 2. The van der Waals surface area contributed by atoms with E-state index in [9.17, 15) is 24.0 Å². The summed E-state index contributed by atoms with van der Waals surface area (Å²) < 4.78 is 10.6. The van der Waals surface area contributed by atoms with Crippen molar-refractivity contribution >= 4 is 35.1 Å². The number of benzene rings is 2. The average molecular weight is 463 g/mol. The van der Waals surface area contributed by atoms with Gasteiger partial charge < -0.3 is 19.7 Å². The van der Waals surface area contributed by atoms with Gasteiger partial charge in [-0.05, 0) is 30.2 Å². The molecule has 1 N–H and O–H groups in total. The summed E-state index contributed by atoms with van der Waals surface area (Å²) in [6.07, 6.45) is 0.0173. The van der Waals surface area contributed by atoms with Crippen molar-refractivity contribution in [2.75, 3.05) is 19.2 Å². The van der Waals surface area contributed by atoms with Gasteiger partial charge in [0.25, 0.3) is 11.8 Å². The number of ether oxygens (including phenoxy) is 2. The number of hydrogen-bond donors (Lipinski definition) is 1. The number of ketones is 2. The number of anilines is 1. The highest BCUT2D eigenvalue weighted by Gasteiger charge is 2.45. The fourth-order valence-electron chi connectivity index (χ4n) is 4.44. The third kappa shape index (κ3) is 3.66. The molecule has 1 fully saturated rings. The molecule has 1 saturated carbocycles. The molecule has 34 heavy (non-hydrogen) atoms. The van der Waals surface area contributed by atoms with Crippen molar-refractivity contribution in [3.8, 4) is 11.5 Å². The Hall–Kier alpha value is -4.21. The molecule has 2 heterocycles. The summed E-state index contributed by atoms with van der Waals surface area (Å²) in [5.74, 6) is -0.611. The lowest BCUT2D eigenvalue weighted by molar-refractivity contribution is -0.132. The topological polar surface area (TPSA) is 122 Å². The Balaban J connectivity index is 1.33. The van der Waals surface area contributed by atoms with Crippen molar-refractivity contribution in [2.24, 2.45) is 0 Å². The number of carbonyl (C=O) groups excluding carboxylic acids is 5. The number of carbonyl (C=O) groups is 5. The van der Waals surface area contributed by atoms with E-state index in [2.05, 4.69) is 5.32 Å². The Bertz CT molecular complexity index is 1260. The zero-order valence-electron chi connectivity index (χ0n) is 18.3. The van der Waals surface area contributed by atoms with Gasteiger partial charge in [0, 0.05) is 31.8 Å². The van der Waals surface area contributed by atoms with Gasteiger partial charge in [-0.3, -0.25) is 24.1 Å². The second kappa shape index (κ2) is 8.29. The number of imide groups is 1. The Labute approximate surface area is 194 Å². The maximum atomic E-state index is 13.2. The quantitative estimate of drug-likeness (QED) is 0.546. The minimum atomic E-state index is -0.940. The number of hydrogen-bond acceptors (Lipinski definition) is 7. The van der Waals surface area contributed by atoms with Crippen LogP contribution in [-0.4, -0.2) is 59.1 Å². The Morgan fingerprint density at radius 1 is 1.09 bits per heavy atom. The molecule has 2 aromatic carbocycles. The lowest BCUT2D eigenvalue weighted by Gasteiger charge is -2.27. The highest BCUT2D eigenvalue weighted by atomic mass is 16.7. The van der Waals surface area contributed by atoms with Crippen LogP contribution in [0.15, 0.2) is 36.4 Å². The minimum absolute atomic E-state index is 0.0590. The van der Waals surface area contributed by atoms with Gasteiger partial charge in [-0.1, -0.05) is 12.1 Å². The van der Waals surface area contributed by atoms with Crippen molar-refractivity contribution in [1.82, 2.24) is 9.80 Å². The van der Waals surface area contributed by atoms with Gasteiger partial charge >= 0.3 is 6.03 Å². The Kier molecular flexibility index (Phi) is 5.27. The fraction of sp³-hybridized carbons (Fsp3) is 0.292. The first-order valence-corrected chi connectivity index (χ1v) is 10.8. The van der Waals surface area contributed by atoms with Crippen molar-refractivity contribution < 1.29 is 33.4 Å². The van der Waals surface area contributed by atoms with Crippen LogP contribution in [0.4, 0.5) is 10.5 Å². The van der Waals surface area contributed by atoms with Crippen LogP contribution < -0.4 is 14.8 Å². The smallest absolute Gasteiger partial charge is 0.321 e. The zero-order chi connectivity index (χ0) is 24.0. The standard InChI is InChI=1S/C24H21N3O7/c1-26(24(32)25-14-5-8-19-20(9-14)34-12-33-19)11-13-3-2-4-16-21(13)23(31)27(22(16)30)17-7-6-15(28)10-18(17)29/h2-5,8-9,17H,6-7,10-12H2,1H3,(H,25,32). The van der Waals surface area contributed by atoms with Crippen LogP contribution in [0.5, 0.6) is 11.5 Å². The van der Waals surface area contributed by atoms with E-state index in [1.807, 2.05) is 0 Å². The third-order valence-corrected chi connectivity index (χ3v) is 6.16. The molecular formula is C24H21N3O7. The largest absolute Gasteiger partial charge is 0.454 e. The zero-order valence-corrected chi connectivity index (χ0v) is 18.3. The first-order chi connectivity index (χ1) is 16.3. The molecule has 0 aromatic heterocycles. The van der Waals surface area contributed by atoms with E-state index < -0.39 is 29.7 Å². The van der Waals surface area contributed by atoms with Gasteiger partial charge in [-0.25, -0.2) is 4.79 Å². The van der Waals surface area contributed by atoms with Gasteiger partial charge in [0.1, 0.15) is 5.78 Å². The van der Waals surface area contributed by atoms with Crippen molar-refractivity contribution in [2.45, 2.75) is 31.8 Å². The van der Waals surface area contributed by atoms with Crippen LogP contribution in [0, 0.1) is 0 Å². The lowest BCUT2D eigenvalue weighted by atomic mass is 9.92. The fourth-order valence-corrected chi connectivity index (χ4v) is 4.44. The SMILES string of the molecule is CN(Cc1cccc2c1C(=O)N(C1CCC(=O)CC1=O)C2=O)C(=O)Nc1ccc2c(c1)OCO2. The summed E-state index contributed by atoms with van der Waals surface area (Å²) >= 11 is 0. The van der Waals surface area contributed by atoms with Crippen LogP contribution in [0.25, 0.3) is 0 Å². The maximum Gasteiger partial charge on any atom is 0.321 e. The molecule has 3 aliphatic rings. The van der Waals surface area contributed by atoms with Crippen molar-refractivity contribution in [3.63, 3.8) is 0 Å². The van der Waals surface area contributed by atoms with E-state index in [0.29, 0.717) is 22.7 Å². The van der Waals surface area contributed by atoms with Crippen molar-refractivity contribution in [3.05, 3.63) is 53.1 Å². The highest BCUT2D eigenvalue weighted by molar-refractivity contribution is 6.24. The number of Topliss-reactive ketones (excluding diaryl/α,β-unsaturated/α-hetero) is 2. The molecule has 1 atom stereocenters. The third-order valence-electron chi connectivity index (χ3n) is 6.16. The molecule has 4 amide bonds. The van der Waals surface area contributed by atoms with Gasteiger partial charge in [-0.2, -0.15) is 0 Å². The first-order valence-electron chi connectivity index (χ1n) is 10.8. The number of rotatable bonds is 4. The second-order valence-electron chi connectivity index (χ2n) is 8.41. The molecule has 2 aromatic rings. The molecule has 1 aliphatic carbocycles. The molecule has 174 valence electrons. The summed E-state index contributed by atoms with van der Waals surface area (Å²) in [5, 5.41) is 2.76. The van der Waals surface area contributed by atoms with Gasteiger partial charge in [0.2, 0.25) is 6.79 Å². The molecule has 1 unspecified atom stereocenters. The molecule has 0 radical (unpaired) electrons. The van der Waals surface area contributed by atoms with Crippen LogP contribution in [0.3, 0.4) is 0 Å². The predicted molar refractivity (Wildman–Crippen MR) is 118 cm³/mol. The molecular weight excluding hydrogens is 442 g/mol. The summed E-state index contributed by atoms with van der Waals surface area (Å²) in [4.78, 5) is 65.3. The molecule has 2 aliphatic heterocycles. The Morgan fingerprint density at radius 2 is 1.88 bits per heavy atom. The molecule has 10 nitrogen and oxygen atoms in total. The van der Waals surface area contributed by atoms with Gasteiger partial charge in [0.15, 0.2) is 17.3 Å². The molecule has 0 bridgehead atoms. The number of amides is 4. The minimum Gasteiger partial charge on any atom is -0.454 e. The summed E-state index contributed by atoms with van der Waals surface area (Å²) in [7, 11) is 1.57. The number of urea groups is 1. The summed E-state index contributed by atoms with van der Waals surface area (Å²) in [6, 6.07) is 8.51. The lowest BCUT2D eigenvalue weighted by Crippen LogP contribution is -2.47. The molecule has 5 rings (SSSR count). The van der Waals surface area contributed by atoms with E-state index >= 15 is 0 Å². The molecule has 10 heteroatoms. The number of fused-ring (bicyclic) bond motifs is 2. The van der Waals surface area contributed by atoms with Crippen LogP contribution in [0.1, 0.15) is 45.5 Å². The normalized spacial score (nSPS) is 18.9. The highest BCUT2D eigenvalue weighted by Crippen LogP contribution is 2.34. The van der Waals surface area contributed by atoms with E-state index in [-0.39, 0.29) is 49.5 Å². The van der Waals surface area contributed by atoms with Crippen LogP contribution in [-0.2, 0) is 16.1 Å². The van der Waals surface area contributed by atoms with Crippen LogP contribution >= 0.6 is 0 Å². The van der Waals surface area contributed by atoms with Gasteiger partial charge in [0.05, 0.1) is 23.6 Å². The molecule has 0 spiro atoms. The van der Waals surface area contributed by atoms with Crippen LogP contribution in [0.2, 0.25) is 0 Å². The van der Waals surface area contributed by atoms with E-state index in [0.717, 1.165) is 4.90 Å². The van der Waals surface area contributed by atoms with Crippen molar-refractivity contribution in [1.29, 1.82) is 0 Å². The first kappa shape index (κ1) is 21.6. The summed E-state index contributed by atoms with van der Waals surface area (Å²) in [6.45, 7) is 0.182.